The van der Waals surface area contributed by atoms with Crippen molar-refractivity contribution in [2.24, 2.45) is 0 Å². The Hall–Kier alpha value is -1.82. The van der Waals surface area contributed by atoms with E-state index in [0.717, 1.165) is 12.1 Å². The van der Waals surface area contributed by atoms with Gasteiger partial charge in [0.1, 0.15) is 5.82 Å². The fraction of sp³-hybridized carbons (Fsp3) is 0.0909. The largest absolute Gasteiger partial charge is 0.337 e. The highest BCUT2D eigenvalue weighted by Crippen LogP contribution is 2.24. The molecule has 0 bridgehead atoms. The number of hydrogen-bond acceptors (Lipinski definition) is 3. The van der Waals surface area contributed by atoms with Gasteiger partial charge in [-0.05, 0) is 30.7 Å². The second kappa shape index (κ2) is 4.81. The molecular weight excluding hydrogens is 267 g/mol. The van der Waals surface area contributed by atoms with Gasteiger partial charge in [0.15, 0.2) is 17.5 Å². The van der Waals surface area contributed by atoms with E-state index in [2.05, 4.69) is 15.3 Å². The monoisotopic (exact) mass is 273 g/mol. The number of hydrogen-bond donors (Lipinski definition) is 1. The Labute approximate surface area is 106 Å². The fourth-order valence-corrected chi connectivity index (χ4v) is 1.43. The smallest absolute Gasteiger partial charge is 0.224 e. The first-order valence-electron chi connectivity index (χ1n) is 4.88. The van der Waals surface area contributed by atoms with Gasteiger partial charge in [0.25, 0.3) is 0 Å². The van der Waals surface area contributed by atoms with Gasteiger partial charge in [0, 0.05) is 11.8 Å². The molecule has 0 aliphatic carbocycles. The van der Waals surface area contributed by atoms with Crippen molar-refractivity contribution in [1.82, 2.24) is 9.97 Å². The average molecular weight is 274 g/mol. The number of halogens is 4. The van der Waals surface area contributed by atoms with Crippen molar-refractivity contribution < 1.29 is 13.2 Å². The van der Waals surface area contributed by atoms with Crippen molar-refractivity contribution in [3.05, 3.63) is 46.6 Å². The molecule has 0 radical (unpaired) electrons. The summed E-state index contributed by atoms with van der Waals surface area (Å²) < 4.78 is 39.2. The van der Waals surface area contributed by atoms with Crippen LogP contribution in [0.2, 0.25) is 5.28 Å². The second-order valence-electron chi connectivity index (χ2n) is 3.52. The molecule has 1 N–H and O–H groups in total. The minimum Gasteiger partial charge on any atom is -0.337 e. The summed E-state index contributed by atoms with van der Waals surface area (Å²) in [7, 11) is 0. The third kappa shape index (κ3) is 2.38. The van der Waals surface area contributed by atoms with E-state index in [1.807, 2.05) is 0 Å². The van der Waals surface area contributed by atoms with E-state index in [1.165, 1.54) is 6.20 Å². The second-order valence-corrected chi connectivity index (χ2v) is 3.86. The summed E-state index contributed by atoms with van der Waals surface area (Å²) in [6.45, 7) is 1.66. The lowest BCUT2D eigenvalue weighted by atomic mass is 10.2. The zero-order valence-electron chi connectivity index (χ0n) is 9.14. The summed E-state index contributed by atoms with van der Waals surface area (Å²) in [5.41, 5.74) is 0.357. The van der Waals surface area contributed by atoms with Gasteiger partial charge in [-0.25, -0.2) is 23.1 Å². The predicted molar refractivity (Wildman–Crippen MR) is 61.4 cm³/mol. The van der Waals surface area contributed by atoms with Gasteiger partial charge in [0.2, 0.25) is 5.28 Å². The topological polar surface area (TPSA) is 37.8 Å². The van der Waals surface area contributed by atoms with Gasteiger partial charge >= 0.3 is 0 Å². The van der Waals surface area contributed by atoms with E-state index in [4.69, 9.17) is 11.6 Å². The Morgan fingerprint density at radius 2 is 1.89 bits per heavy atom. The van der Waals surface area contributed by atoms with Crippen molar-refractivity contribution in [2.45, 2.75) is 6.92 Å². The van der Waals surface area contributed by atoms with Gasteiger partial charge in [-0.15, -0.1) is 0 Å². The number of aromatic nitrogens is 2. The van der Waals surface area contributed by atoms with Crippen molar-refractivity contribution in [1.29, 1.82) is 0 Å². The summed E-state index contributed by atoms with van der Waals surface area (Å²) in [5.74, 6) is -3.89. The number of nitrogens with one attached hydrogen (secondary N) is 1. The Kier molecular flexibility index (Phi) is 3.38. The Bertz CT molecular complexity index is 604. The molecule has 0 amide bonds. The van der Waals surface area contributed by atoms with Crippen molar-refractivity contribution >= 4 is 23.1 Å². The van der Waals surface area contributed by atoms with Crippen LogP contribution in [-0.2, 0) is 0 Å². The summed E-state index contributed by atoms with van der Waals surface area (Å²) in [6.07, 6.45) is 1.43. The molecule has 2 aromatic rings. The number of aryl methyl sites for hydroxylation is 1. The summed E-state index contributed by atoms with van der Waals surface area (Å²) in [5, 5.41) is 2.50. The van der Waals surface area contributed by atoms with Crippen molar-refractivity contribution in [2.75, 3.05) is 5.32 Å². The number of anilines is 2. The molecule has 0 saturated heterocycles. The number of nitrogens with zero attached hydrogens (tertiary/aromatic N) is 2. The third-order valence-corrected chi connectivity index (χ3v) is 2.41. The third-order valence-electron chi connectivity index (χ3n) is 2.23. The Morgan fingerprint density at radius 1 is 1.17 bits per heavy atom. The first kappa shape index (κ1) is 12.6. The molecule has 0 aliphatic heterocycles. The lowest BCUT2D eigenvalue weighted by Crippen LogP contribution is -2.02. The molecular formula is C11H7ClF3N3. The van der Waals surface area contributed by atoms with Crippen LogP contribution < -0.4 is 5.32 Å². The van der Waals surface area contributed by atoms with Crippen LogP contribution in [0.25, 0.3) is 0 Å². The summed E-state index contributed by atoms with van der Waals surface area (Å²) >= 11 is 5.59. The molecule has 0 unspecified atom stereocenters. The summed E-state index contributed by atoms with van der Waals surface area (Å²) in [4.78, 5) is 7.54. The van der Waals surface area contributed by atoms with Crippen LogP contribution in [0.4, 0.5) is 24.7 Å². The molecule has 0 spiro atoms. The van der Waals surface area contributed by atoms with Gasteiger partial charge in [-0.1, -0.05) is 0 Å². The van der Waals surface area contributed by atoms with Gasteiger partial charge in [-0.2, -0.15) is 0 Å². The van der Waals surface area contributed by atoms with Gasteiger partial charge in [0.05, 0.1) is 5.69 Å². The first-order chi connectivity index (χ1) is 8.49. The van der Waals surface area contributed by atoms with Crippen LogP contribution in [0.5, 0.6) is 0 Å². The molecule has 94 valence electrons. The number of benzene rings is 1. The van der Waals surface area contributed by atoms with E-state index in [9.17, 15) is 13.2 Å². The highest BCUT2D eigenvalue weighted by molar-refractivity contribution is 6.28. The normalized spacial score (nSPS) is 10.5. The quantitative estimate of drug-likeness (QED) is 0.671. The van der Waals surface area contributed by atoms with Crippen LogP contribution in [0, 0.1) is 24.4 Å². The van der Waals surface area contributed by atoms with Crippen LogP contribution in [0.1, 0.15) is 5.56 Å². The molecule has 0 atom stereocenters. The van der Waals surface area contributed by atoms with E-state index < -0.39 is 17.5 Å². The molecule has 1 aromatic heterocycles. The van der Waals surface area contributed by atoms with E-state index >= 15 is 0 Å². The standard InChI is InChI=1S/C11H7ClF3N3/c1-5-4-16-11(12)18-10(5)17-7-3-2-6(13)8(14)9(7)15/h2-4H,1H3,(H,16,17,18). The van der Waals surface area contributed by atoms with E-state index in [1.54, 1.807) is 6.92 Å². The molecule has 2 rings (SSSR count). The molecule has 18 heavy (non-hydrogen) atoms. The van der Waals surface area contributed by atoms with Crippen molar-refractivity contribution in [3.63, 3.8) is 0 Å². The lowest BCUT2D eigenvalue weighted by Gasteiger charge is -2.09. The molecule has 0 aliphatic rings. The molecule has 7 heteroatoms. The maximum atomic E-state index is 13.4. The average Bonchev–Trinajstić information content (AvgIpc) is 2.34. The lowest BCUT2D eigenvalue weighted by molar-refractivity contribution is 0.449. The Balaban J connectivity index is 2.40. The highest BCUT2D eigenvalue weighted by Gasteiger charge is 2.14. The molecule has 1 aromatic carbocycles. The highest BCUT2D eigenvalue weighted by atomic mass is 35.5. The molecule has 0 saturated carbocycles. The Morgan fingerprint density at radius 3 is 2.61 bits per heavy atom. The SMILES string of the molecule is Cc1cnc(Cl)nc1Nc1ccc(F)c(F)c1F. The van der Waals surface area contributed by atoms with E-state index in [-0.39, 0.29) is 16.8 Å². The van der Waals surface area contributed by atoms with Gasteiger partial charge in [-0.3, -0.25) is 0 Å². The molecule has 1 heterocycles. The number of rotatable bonds is 2. The maximum absolute atomic E-state index is 13.4. The molecule has 3 nitrogen and oxygen atoms in total. The molecule has 0 fully saturated rings. The maximum Gasteiger partial charge on any atom is 0.224 e. The minimum atomic E-state index is -1.54. The van der Waals surface area contributed by atoms with Crippen LogP contribution in [0.15, 0.2) is 18.3 Å². The zero-order chi connectivity index (χ0) is 13.3. The minimum absolute atomic E-state index is 0.0360. The predicted octanol–water partition coefficient (Wildman–Crippen LogP) is 3.60. The summed E-state index contributed by atoms with van der Waals surface area (Å²) in [6, 6.07) is 1.89. The van der Waals surface area contributed by atoms with Gasteiger partial charge < -0.3 is 5.32 Å². The fourth-order valence-electron chi connectivity index (χ4n) is 1.30. The first-order valence-corrected chi connectivity index (χ1v) is 5.26. The van der Waals surface area contributed by atoms with Crippen LogP contribution >= 0.6 is 11.6 Å². The van der Waals surface area contributed by atoms with Crippen molar-refractivity contribution in [3.8, 4) is 0 Å². The van der Waals surface area contributed by atoms with Crippen LogP contribution in [-0.4, -0.2) is 9.97 Å². The zero-order valence-corrected chi connectivity index (χ0v) is 9.89. The van der Waals surface area contributed by atoms with E-state index in [0.29, 0.717) is 5.56 Å². The van der Waals surface area contributed by atoms with Crippen LogP contribution in [0.3, 0.4) is 0 Å².